The molecule has 1 amide bonds. The molecule has 5 heteroatoms. The Hall–Kier alpha value is -3.21. The Bertz CT molecular complexity index is 991. The molecule has 3 rings (SSSR count). The minimum absolute atomic E-state index is 0.0255. The van der Waals surface area contributed by atoms with Gasteiger partial charge in [0.05, 0.1) is 17.4 Å². The highest BCUT2D eigenvalue weighted by atomic mass is 19.1. The molecule has 0 saturated heterocycles. The van der Waals surface area contributed by atoms with Crippen LogP contribution in [0.4, 0.5) is 4.39 Å². The number of halogens is 1. The molecule has 0 saturated carbocycles. The highest BCUT2D eigenvalue weighted by Gasteiger charge is 2.16. The van der Waals surface area contributed by atoms with Crippen molar-refractivity contribution in [3.63, 3.8) is 0 Å². The molecule has 4 nitrogen and oxygen atoms in total. The van der Waals surface area contributed by atoms with E-state index in [1.54, 1.807) is 40.9 Å². The Morgan fingerprint density at radius 3 is 2.39 bits per heavy atom. The fraction of sp³-hybridized carbons (Fsp3) is 0.217. The topological polar surface area (TPSA) is 38.1 Å². The molecule has 28 heavy (non-hydrogen) atoms. The minimum Gasteiger partial charge on any atom is -0.335 e. The number of rotatable bonds is 5. The number of nitrogens with zero attached hydrogens (tertiary/aromatic N) is 3. The number of carbonyl (C=O) groups excluding carboxylic acids is 1. The van der Waals surface area contributed by atoms with Gasteiger partial charge < -0.3 is 4.90 Å². The van der Waals surface area contributed by atoms with Crippen LogP contribution in [0.15, 0.2) is 60.7 Å². The molecule has 2 aromatic carbocycles. The van der Waals surface area contributed by atoms with Crippen molar-refractivity contribution in [2.24, 2.45) is 0 Å². The molecular formula is C23H24FN3O. The van der Waals surface area contributed by atoms with Gasteiger partial charge >= 0.3 is 0 Å². The number of carbonyl (C=O) groups is 1. The van der Waals surface area contributed by atoms with Crippen LogP contribution < -0.4 is 0 Å². The molecule has 0 radical (unpaired) electrons. The van der Waals surface area contributed by atoms with E-state index in [2.05, 4.69) is 5.10 Å². The van der Waals surface area contributed by atoms with Crippen molar-refractivity contribution in [2.75, 3.05) is 7.05 Å². The summed E-state index contributed by atoms with van der Waals surface area (Å²) >= 11 is 0. The highest BCUT2D eigenvalue weighted by molar-refractivity contribution is 5.92. The fourth-order valence-corrected chi connectivity index (χ4v) is 3.15. The standard InChI is InChI=1S/C23H24FN3O/c1-16-22(18(3)27(25-16)21-12-10-20(24)11-13-21)14-15-23(28)26(4)17(2)19-8-6-5-7-9-19/h5-15,17H,1-4H3/b15-14+. The zero-order chi connectivity index (χ0) is 20.3. The average molecular weight is 377 g/mol. The number of hydrogen-bond acceptors (Lipinski definition) is 2. The van der Waals surface area contributed by atoms with Gasteiger partial charge in [-0.3, -0.25) is 4.79 Å². The molecule has 0 aliphatic rings. The third-order valence-corrected chi connectivity index (χ3v) is 5.02. The molecule has 0 aliphatic heterocycles. The monoisotopic (exact) mass is 377 g/mol. The van der Waals surface area contributed by atoms with Crippen LogP contribution in [0.3, 0.4) is 0 Å². The summed E-state index contributed by atoms with van der Waals surface area (Å²) in [6, 6.07) is 16.1. The highest BCUT2D eigenvalue weighted by Crippen LogP contribution is 2.21. The zero-order valence-corrected chi connectivity index (χ0v) is 16.6. The van der Waals surface area contributed by atoms with Crippen molar-refractivity contribution in [3.8, 4) is 5.69 Å². The van der Waals surface area contributed by atoms with Crippen LogP contribution in [0.25, 0.3) is 11.8 Å². The van der Waals surface area contributed by atoms with Crippen molar-refractivity contribution in [2.45, 2.75) is 26.8 Å². The number of benzene rings is 2. The lowest BCUT2D eigenvalue weighted by Gasteiger charge is -2.24. The lowest BCUT2D eigenvalue weighted by molar-refractivity contribution is -0.126. The first-order valence-corrected chi connectivity index (χ1v) is 9.20. The van der Waals surface area contributed by atoms with Crippen molar-refractivity contribution >= 4 is 12.0 Å². The lowest BCUT2D eigenvalue weighted by atomic mass is 10.1. The summed E-state index contributed by atoms with van der Waals surface area (Å²) in [7, 11) is 1.80. The van der Waals surface area contributed by atoms with E-state index in [1.807, 2.05) is 51.1 Å². The van der Waals surface area contributed by atoms with Gasteiger partial charge in [0.25, 0.3) is 0 Å². The number of aryl methyl sites for hydroxylation is 1. The molecule has 1 unspecified atom stereocenters. The Labute approximate surface area is 164 Å². The van der Waals surface area contributed by atoms with E-state index in [9.17, 15) is 9.18 Å². The number of aromatic nitrogens is 2. The van der Waals surface area contributed by atoms with Crippen molar-refractivity contribution in [1.82, 2.24) is 14.7 Å². The largest absolute Gasteiger partial charge is 0.335 e. The molecule has 0 aliphatic carbocycles. The average Bonchev–Trinajstić information content (AvgIpc) is 3.00. The molecule has 1 atom stereocenters. The van der Waals surface area contributed by atoms with Crippen LogP contribution in [0.5, 0.6) is 0 Å². The SMILES string of the molecule is Cc1nn(-c2ccc(F)cc2)c(C)c1/C=C/C(=O)N(C)C(C)c1ccccc1. The number of amides is 1. The maximum Gasteiger partial charge on any atom is 0.246 e. The number of likely N-dealkylation sites (N-methyl/N-ethyl adjacent to an activating group) is 1. The van der Waals surface area contributed by atoms with Crippen molar-refractivity contribution in [3.05, 3.63) is 89.0 Å². The van der Waals surface area contributed by atoms with Gasteiger partial charge in [-0.2, -0.15) is 5.10 Å². The molecule has 0 fully saturated rings. The normalized spacial score (nSPS) is 12.3. The Kier molecular flexibility index (Phi) is 5.73. The van der Waals surface area contributed by atoms with Gasteiger partial charge in [-0.15, -0.1) is 0 Å². The first-order valence-electron chi connectivity index (χ1n) is 9.20. The Morgan fingerprint density at radius 2 is 1.75 bits per heavy atom. The predicted molar refractivity (Wildman–Crippen MR) is 110 cm³/mol. The first-order chi connectivity index (χ1) is 13.4. The molecule has 1 aromatic heterocycles. The van der Waals surface area contributed by atoms with Gasteiger partial charge in [-0.1, -0.05) is 30.3 Å². The summed E-state index contributed by atoms with van der Waals surface area (Å²) in [5.41, 5.74) is 4.46. The van der Waals surface area contributed by atoms with Crippen LogP contribution in [-0.2, 0) is 4.79 Å². The van der Waals surface area contributed by atoms with E-state index in [-0.39, 0.29) is 17.8 Å². The molecule has 1 heterocycles. The summed E-state index contributed by atoms with van der Waals surface area (Å²) in [5, 5.41) is 4.53. The maximum absolute atomic E-state index is 13.2. The summed E-state index contributed by atoms with van der Waals surface area (Å²) in [6.45, 7) is 5.83. The van der Waals surface area contributed by atoms with E-state index in [4.69, 9.17) is 0 Å². The van der Waals surface area contributed by atoms with Gasteiger partial charge in [-0.25, -0.2) is 9.07 Å². The van der Waals surface area contributed by atoms with Crippen LogP contribution in [0, 0.1) is 19.7 Å². The van der Waals surface area contributed by atoms with Crippen LogP contribution in [-0.4, -0.2) is 27.6 Å². The van der Waals surface area contributed by atoms with Gasteiger partial charge in [0.15, 0.2) is 0 Å². The van der Waals surface area contributed by atoms with E-state index in [0.717, 1.165) is 28.2 Å². The van der Waals surface area contributed by atoms with Crippen LogP contribution >= 0.6 is 0 Å². The van der Waals surface area contributed by atoms with Crippen LogP contribution in [0.1, 0.15) is 35.5 Å². The fourth-order valence-electron chi connectivity index (χ4n) is 3.15. The number of hydrogen-bond donors (Lipinski definition) is 0. The summed E-state index contributed by atoms with van der Waals surface area (Å²) in [6.07, 6.45) is 3.37. The third kappa shape index (κ3) is 4.03. The molecule has 0 spiro atoms. The molecular weight excluding hydrogens is 353 g/mol. The van der Waals surface area contributed by atoms with Crippen molar-refractivity contribution < 1.29 is 9.18 Å². The van der Waals surface area contributed by atoms with Gasteiger partial charge in [0.1, 0.15) is 5.82 Å². The van der Waals surface area contributed by atoms with Gasteiger partial charge in [0, 0.05) is 24.4 Å². The second-order valence-corrected chi connectivity index (χ2v) is 6.84. The van der Waals surface area contributed by atoms with E-state index in [0.29, 0.717) is 0 Å². The second kappa shape index (κ2) is 8.21. The minimum atomic E-state index is -0.286. The zero-order valence-electron chi connectivity index (χ0n) is 16.6. The molecule has 3 aromatic rings. The van der Waals surface area contributed by atoms with E-state index < -0.39 is 0 Å². The summed E-state index contributed by atoms with van der Waals surface area (Å²) < 4.78 is 14.9. The Morgan fingerprint density at radius 1 is 1.11 bits per heavy atom. The second-order valence-electron chi connectivity index (χ2n) is 6.84. The van der Waals surface area contributed by atoms with Crippen LogP contribution in [0.2, 0.25) is 0 Å². The smallest absolute Gasteiger partial charge is 0.246 e. The summed E-state index contributed by atoms with van der Waals surface area (Å²) in [4.78, 5) is 14.3. The molecule has 144 valence electrons. The maximum atomic E-state index is 13.2. The van der Waals surface area contributed by atoms with E-state index in [1.165, 1.54) is 12.1 Å². The quantitative estimate of drug-likeness (QED) is 0.596. The van der Waals surface area contributed by atoms with E-state index >= 15 is 0 Å². The predicted octanol–water partition coefficient (Wildman–Crippen LogP) is 4.86. The van der Waals surface area contributed by atoms with Crippen molar-refractivity contribution in [1.29, 1.82) is 0 Å². The molecule has 0 bridgehead atoms. The molecule has 0 N–H and O–H groups in total. The summed E-state index contributed by atoms with van der Waals surface area (Å²) in [5.74, 6) is -0.365. The van der Waals surface area contributed by atoms with Gasteiger partial charge in [0.2, 0.25) is 5.91 Å². The Balaban J connectivity index is 1.80. The third-order valence-electron chi connectivity index (χ3n) is 5.02. The first kappa shape index (κ1) is 19.5. The lowest BCUT2D eigenvalue weighted by Crippen LogP contribution is -2.27. The van der Waals surface area contributed by atoms with Gasteiger partial charge in [-0.05, 0) is 56.7 Å².